The molecule has 5 rings (SSSR count). The fourth-order valence-corrected chi connectivity index (χ4v) is 3.01. The molecule has 1 saturated carbocycles. The zero-order valence-corrected chi connectivity index (χ0v) is 14.3. The molecule has 0 radical (unpaired) electrons. The Kier molecular flexibility index (Phi) is 3.70. The molecule has 3 heterocycles. The highest BCUT2D eigenvalue weighted by atomic mass is 19.1. The number of rotatable bonds is 6. The highest BCUT2D eigenvalue weighted by Gasteiger charge is 2.25. The summed E-state index contributed by atoms with van der Waals surface area (Å²) in [6.45, 7) is 0.474. The predicted octanol–water partition coefficient (Wildman–Crippen LogP) is 3.45. The van der Waals surface area contributed by atoms with Gasteiger partial charge in [-0.25, -0.2) is 14.4 Å². The summed E-state index contributed by atoms with van der Waals surface area (Å²) in [6.07, 6.45) is 5.13. The summed E-state index contributed by atoms with van der Waals surface area (Å²) in [6, 6.07) is 7.78. The van der Waals surface area contributed by atoms with Gasteiger partial charge in [-0.3, -0.25) is 5.10 Å². The summed E-state index contributed by atoms with van der Waals surface area (Å²) in [7, 11) is 0. The minimum Gasteiger partial charge on any atom is -0.350 e. The Labute approximate surface area is 153 Å². The Bertz CT molecular complexity index is 1100. The number of anilines is 3. The van der Waals surface area contributed by atoms with Crippen molar-refractivity contribution < 1.29 is 4.39 Å². The second-order valence-corrected chi connectivity index (χ2v) is 6.57. The topological polar surface area (TPSA) is 107 Å². The van der Waals surface area contributed by atoms with Crippen molar-refractivity contribution in [2.75, 3.05) is 10.6 Å². The number of nitrogens with one attached hydrogen (secondary N) is 4. The van der Waals surface area contributed by atoms with Crippen LogP contribution in [0.1, 0.15) is 30.0 Å². The van der Waals surface area contributed by atoms with Gasteiger partial charge in [0, 0.05) is 24.2 Å². The second-order valence-electron chi connectivity index (χ2n) is 6.57. The highest BCUT2D eigenvalue weighted by Crippen LogP contribution is 2.39. The lowest BCUT2D eigenvalue weighted by Crippen LogP contribution is -2.07. The van der Waals surface area contributed by atoms with E-state index < -0.39 is 5.82 Å². The van der Waals surface area contributed by atoms with Crippen molar-refractivity contribution in [1.29, 1.82) is 0 Å². The van der Waals surface area contributed by atoms with Crippen LogP contribution in [-0.4, -0.2) is 30.1 Å². The maximum absolute atomic E-state index is 14.1. The summed E-state index contributed by atoms with van der Waals surface area (Å²) in [5, 5.41) is 13.2. The van der Waals surface area contributed by atoms with Gasteiger partial charge in [0.25, 0.3) is 0 Å². The molecule has 9 heteroatoms. The number of nitrogens with zero attached hydrogens (tertiary/aromatic N) is 4. The smallest absolute Gasteiger partial charge is 0.225 e. The average Bonchev–Trinajstić information content (AvgIpc) is 3.23. The van der Waals surface area contributed by atoms with Crippen molar-refractivity contribution in [2.45, 2.75) is 25.3 Å². The molecule has 0 unspecified atom stereocenters. The second kappa shape index (κ2) is 6.35. The Balaban J connectivity index is 1.32. The van der Waals surface area contributed by atoms with Crippen LogP contribution in [-0.2, 0) is 6.54 Å². The molecule has 4 N–H and O–H groups in total. The van der Waals surface area contributed by atoms with Gasteiger partial charge in [-0.05, 0) is 24.5 Å². The Hall–Kier alpha value is -3.49. The number of hydrogen-bond acceptors (Lipinski definition) is 6. The fourth-order valence-electron chi connectivity index (χ4n) is 3.01. The molecule has 1 aliphatic rings. The van der Waals surface area contributed by atoms with E-state index in [0.29, 0.717) is 24.2 Å². The third kappa shape index (κ3) is 3.19. The Morgan fingerprint density at radius 3 is 3.04 bits per heavy atom. The Morgan fingerprint density at radius 2 is 2.15 bits per heavy atom. The van der Waals surface area contributed by atoms with Crippen molar-refractivity contribution in [3.05, 3.63) is 53.9 Å². The third-order valence-electron chi connectivity index (χ3n) is 4.58. The monoisotopic (exact) mass is 364 g/mol. The predicted molar refractivity (Wildman–Crippen MR) is 99.3 cm³/mol. The summed E-state index contributed by atoms with van der Waals surface area (Å²) in [5.74, 6) is 0.960. The molecule has 1 aromatic carbocycles. The van der Waals surface area contributed by atoms with Crippen LogP contribution in [0.2, 0.25) is 0 Å². The molecule has 0 aliphatic heterocycles. The van der Waals surface area contributed by atoms with E-state index in [1.54, 1.807) is 6.33 Å². The van der Waals surface area contributed by atoms with E-state index >= 15 is 0 Å². The van der Waals surface area contributed by atoms with Gasteiger partial charge in [-0.1, -0.05) is 12.1 Å². The van der Waals surface area contributed by atoms with Crippen molar-refractivity contribution in [3.63, 3.8) is 0 Å². The van der Waals surface area contributed by atoms with Gasteiger partial charge < -0.3 is 15.6 Å². The number of aromatic nitrogens is 6. The Morgan fingerprint density at radius 1 is 1.22 bits per heavy atom. The standard InChI is InChI=1S/C18H17FN8/c19-12-8-21-18(20-7-11-2-1-3-13-16(11)23-9-22-13)25-17(12)24-15-6-14(26-27-15)10-4-5-10/h1-3,6,8-10H,4-5,7H2,(H,22,23)(H3,20,21,24,25,26,27). The van der Waals surface area contributed by atoms with E-state index in [-0.39, 0.29) is 5.82 Å². The molecule has 4 aromatic rings. The van der Waals surface area contributed by atoms with Crippen LogP contribution in [0.4, 0.5) is 22.0 Å². The first-order valence-electron chi connectivity index (χ1n) is 8.76. The SMILES string of the molecule is Fc1cnc(NCc2cccc3[nH]cnc23)nc1Nc1cc(C2CC2)[nH]n1. The molecular weight excluding hydrogens is 347 g/mol. The van der Waals surface area contributed by atoms with Crippen molar-refractivity contribution in [3.8, 4) is 0 Å². The number of H-pyrrole nitrogens is 2. The molecule has 0 amide bonds. The van der Waals surface area contributed by atoms with E-state index in [4.69, 9.17) is 0 Å². The fraction of sp³-hybridized carbons (Fsp3) is 0.222. The molecule has 8 nitrogen and oxygen atoms in total. The van der Waals surface area contributed by atoms with E-state index in [9.17, 15) is 4.39 Å². The van der Waals surface area contributed by atoms with E-state index in [0.717, 1.165) is 28.5 Å². The largest absolute Gasteiger partial charge is 0.350 e. The summed E-state index contributed by atoms with van der Waals surface area (Å²) in [5.41, 5.74) is 3.91. The van der Waals surface area contributed by atoms with Gasteiger partial charge in [0.15, 0.2) is 17.5 Å². The number of hydrogen-bond donors (Lipinski definition) is 4. The van der Waals surface area contributed by atoms with Crippen LogP contribution in [0, 0.1) is 5.82 Å². The maximum atomic E-state index is 14.1. The van der Waals surface area contributed by atoms with Crippen LogP contribution in [0.5, 0.6) is 0 Å². The van der Waals surface area contributed by atoms with Gasteiger partial charge in [0.2, 0.25) is 5.95 Å². The van der Waals surface area contributed by atoms with Crippen LogP contribution in [0.3, 0.4) is 0 Å². The number of fused-ring (bicyclic) bond motifs is 1. The van der Waals surface area contributed by atoms with E-state index in [1.807, 2.05) is 24.3 Å². The quantitative estimate of drug-likeness (QED) is 0.417. The molecule has 1 fully saturated rings. The van der Waals surface area contributed by atoms with Crippen molar-refractivity contribution in [2.24, 2.45) is 0 Å². The zero-order chi connectivity index (χ0) is 18.2. The van der Waals surface area contributed by atoms with Gasteiger partial charge in [-0.15, -0.1) is 0 Å². The molecular formula is C18H17FN8. The average molecular weight is 364 g/mol. The molecule has 3 aromatic heterocycles. The lowest BCUT2D eigenvalue weighted by molar-refractivity contribution is 0.619. The van der Waals surface area contributed by atoms with Crippen LogP contribution < -0.4 is 10.6 Å². The van der Waals surface area contributed by atoms with Gasteiger partial charge in [-0.2, -0.15) is 10.1 Å². The molecule has 0 spiro atoms. The summed E-state index contributed by atoms with van der Waals surface area (Å²) in [4.78, 5) is 15.6. The molecule has 0 bridgehead atoms. The molecule has 0 saturated heterocycles. The minimum absolute atomic E-state index is 0.0827. The maximum Gasteiger partial charge on any atom is 0.225 e. The molecule has 27 heavy (non-hydrogen) atoms. The molecule has 1 aliphatic carbocycles. The minimum atomic E-state index is -0.536. The van der Waals surface area contributed by atoms with Crippen LogP contribution in [0.15, 0.2) is 36.8 Å². The van der Waals surface area contributed by atoms with Crippen molar-refractivity contribution in [1.82, 2.24) is 30.1 Å². The third-order valence-corrected chi connectivity index (χ3v) is 4.58. The highest BCUT2D eigenvalue weighted by molar-refractivity contribution is 5.78. The number of imidazole rings is 1. The summed E-state index contributed by atoms with van der Waals surface area (Å²) >= 11 is 0. The van der Waals surface area contributed by atoms with Gasteiger partial charge >= 0.3 is 0 Å². The first kappa shape index (κ1) is 15.7. The number of halogens is 1. The molecule has 0 atom stereocenters. The van der Waals surface area contributed by atoms with Crippen molar-refractivity contribution >= 4 is 28.6 Å². The van der Waals surface area contributed by atoms with Gasteiger partial charge in [0.05, 0.1) is 23.6 Å². The van der Waals surface area contributed by atoms with Crippen LogP contribution in [0.25, 0.3) is 11.0 Å². The number of para-hydroxylation sites is 1. The molecule has 136 valence electrons. The first-order valence-corrected chi connectivity index (χ1v) is 8.76. The normalized spacial score (nSPS) is 13.8. The van der Waals surface area contributed by atoms with E-state index in [1.165, 1.54) is 12.8 Å². The summed E-state index contributed by atoms with van der Waals surface area (Å²) < 4.78 is 14.1. The first-order chi connectivity index (χ1) is 13.3. The lowest BCUT2D eigenvalue weighted by atomic mass is 10.2. The van der Waals surface area contributed by atoms with Gasteiger partial charge in [0.1, 0.15) is 0 Å². The van der Waals surface area contributed by atoms with Crippen LogP contribution >= 0.6 is 0 Å². The van der Waals surface area contributed by atoms with E-state index in [2.05, 4.69) is 40.8 Å². The lowest BCUT2D eigenvalue weighted by Gasteiger charge is -2.08. The number of benzene rings is 1. The number of aromatic amines is 2. The zero-order valence-electron chi connectivity index (χ0n) is 14.3.